The van der Waals surface area contributed by atoms with Crippen molar-refractivity contribution < 1.29 is 18.7 Å². The fourth-order valence-corrected chi connectivity index (χ4v) is 3.00. The summed E-state index contributed by atoms with van der Waals surface area (Å²) in [4.78, 5) is 30.2. The Kier molecular flexibility index (Phi) is 5.03. The number of furan rings is 1. The molecule has 3 aromatic rings. The molecule has 0 unspecified atom stereocenters. The van der Waals surface area contributed by atoms with E-state index < -0.39 is 0 Å². The lowest BCUT2D eigenvalue weighted by Crippen LogP contribution is -2.35. The smallest absolute Gasteiger partial charge is 0.261 e. The minimum Gasteiger partial charge on any atom is -0.479 e. The number of methoxy groups -OCH3 is 1. The quantitative estimate of drug-likeness (QED) is 0.705. The molecule has 0 atom stereocenters. The molecular weight excluding hydrogens is 358 g/mol. The van der Waals surface area contributed by atoms with Gasteiger partial charge in [-0.3, -0.25) is 14.3 Å². The first-order chi connectivity index (χ1) is 12.5. The number of ether oxygens (including phenoxy) is 1. The van der Waals surface area contributed by atoms with Gasteiger partial charge in [-0.1, -0.05) is 0 Å². The monoisotopic (exact) mass is 375 g/mol. The lowest BCUT2D eigenvalue weighted by Gasteiger charge is -2.15. The van der Waals surface area contributed by atoms with Crippen LogP contribution >= 0.6 is 11.3 Å². The highest BCUT2D eigenvalue weighted by atomic mass is 32.1. The highest BCUT2D eigenvalue weighted by Gasteiger charge is 2.22. The Bertz CT molecular complexity index is 915. The molecule has 0 saturated heterocycles. The number of carbonyl (C=O) groups excluding carboxylic acids is 2. The molecule has 26 heavy (non-hydrogen) atoms. The van der Waals surface area contributed by atoms with Crippen LogP contribution in [-0.2, 0) is 11.8 Å². The predicted molar refractivity (Wildman–Crippen MR) is 95.2 cm³/mol. The Balaban J connectivity index is 1.61. The van der Waals surface area contributed by atoms with Crippen LogP contribution < -0.4 is 10.1 Å². The van der Waals surface area contributed by atoms with E-state index in [1.54, 1.807) is 37.0 Å². The van der Waals surface area contributed by atoms with Crippen LogP contribution in [0, 0.1) is 0 Å². The molecule has 0 bridgehead atoms. The van der Waals surface area contributed by atoms with E-state index in [1.165, 1.54) is 35.1 Å². The largest absolute Gasteiger partial charge is 0.479 e. The molecule has 0 aliphatic heterocycles. The highest BCUT2D eigenvalue weighted by Crippen LogP contribution is 2.25. The van der Waals surface area contributed by atoms with Crippen LogP contribution in [0.15, 0.2) is 34.4 Å². The standard InChI is InChI=1S/C16H17N5O4S/c1-20(15(23)10-7-21(2)19-14(10)24-3)8-13(22)18-16-17-11(9-26-16)12-5-4-6-25-12/h4-7,9H,8H2,1-3H3,(H,17,18,22). The molecule has 3 rings (SSSR count). The van der Waals surface area contributed by atoms with Crippen molar-refractivity contribution in [3.05, 3.63) is 35.5 Å². The van der Waals surface area contributed by atoms with Crippen molar-refractivity contribution in [2.24, 2.45) is 7.05 Å². The maximum absolute atomic E-state index is 12.5. The number of hydrogen-bond acceptors (Lipinski definition) is 7. The van der Waals surface area contributed by atoms with Gasteiger partial charge in [0.25, 0.3) is 5.91 Å². The van der Waals surface area contributed by atoms with E-state index in [0.717, 1.165) is 0 Å². The van der Waals surface area contributed by atoms with Crippen LogP contribution in [0.2, 0.25) is 0 Å². The minimum absolute atomic E-state index is 0.132. The van der Waals surface area contributed by atoms with Crippen molar-refractivity contribution in [2.45, 2.75) is 0 Å². The molecule has 0 spiro atoms. The summed E-state index contributed by atoms with van der Waals surface area (Å²) in [6.07, 6.45) is 3.10. The third kappa shape index (κ3) is 3.75. The first-order valence-corrected chi connectivity index (χ1v) is 8.48. The molecule has 0 aliphatic rings. The summed E-state index contributed by atoms with van der Waals surface area (Å²) in [6.45, 7) is -0.132. The van der Waals surface area contributed by atoms with Gasteiger partial charge in [-0.2, -0.15) is 0 Å². The van der Waals surface area contributed by atoms with E-state index in [1.807, 2.05) is 0 Å². The van der Waals surface area contributed by atoms with Crippen LogP contribution in [0.5, 0.6) is 5.88 Å². The number of hydrogen-bond donors (Lipinski definition) is 1. The van der Waals surface area contributed by atoms with Gasteiger partial charge in [0.2, 0.25) is 11.8 Å². The molecule has 0 radical (unpaired) electrons. The van der Waals surface area contributed by atoms with Crippen LogP contribution in [0.3, 0.4) is 0 Å². The van der Waals surface area contributed by atoms with Gasteiger partial charge in [-0.15, -0.1) is 16.4 Å². The third-order valence-electron chi connectivity index (χ3n) is 3.47. The number of thiazole rings is 1. The Morgan fingerprint density at radius 3 is 2.96 bits per heavy atom. The fourth-order valence-electron chi connectivity index (χ4n) is 2.29. The highest BCUT2D eigenvalue weighted by molar-refractivity contribution is 7.14. The summed E-state index contributed by atoms with van der Waals surface area (Å²) < 4.78 is 11.8. The molecule has 2 amide bonds. The summed E-state index contributed by atoms with van der Waals surface area (Å²) >= 11 is 1.28. The van der Waals surface area contributed by atoms with E-state index in [0.29, 0.717) is 22.1 Å². The second kappa shape index (κ2) is 7.40. The molecule has 0 saturated carbocycles. The Morgan fingerprint density at radius 1 is 1.46 bits per heavy atom. The summed E-state index contributed by atoms with van der Waals surface area (Å²) in [5.41, 5.74) is 0.930. The Morgan fingerprint density at radius 2 is 2.27 bits per heavy atom. The van der Waals surface area contributed by atoms with E-state index in [2.05, 4.69) is 15.4 Å². The fraction of sp³-hybridized carbons (Fsp3) is 0.250. The van der Waals surface area contributed by atoms with Crippen LogP contribution in [0.25, 0.3) is 11.5 Å². The van der Waals surface area contributed by atoms with Gasteiger partial charge in [-0.25, -0.2) is 4.98 Å². The van der Waals surface area contributed by atoms with Gasteiger partial charge in [0.05, 0.1) is 19.9 Å². The lowest BCUT2D eigenvalue weighted by atomic mass is 10.3. The molecule has 1 N–H and O–H groups in total. The van der Waals surface area contributed by atoms with Crippen molar-refractivity contribution in [3.63, 3.8) is 0 Å². The van der Waals surface area contributed by atoms with E-state index in [4.69, 9.17) is 9.15 Å². The average Bonchev–Trinajstić information content (AvgIpc) is 3.33. The minimum atomic E-state index is -0.361. The number of amides is 2. The molecule has 10 heteroatoms. The molecule has 0 fully saturated rings. The van der Waals surface area contributed by atoms with Gasteiger partial charge in [0.1, 0.15) is 11.3 Å². The molecule has 3 aromatic heterocycles. The molecular formula is C16H17N5O4S. The number of nitrogens with one attached hydrogen (secondary N) is 1. The zero-order valence-corrected chi connectivity index (χ0v) is 15.2. The zero-order valence-electron chi connectivity index (χ0n) is 14.4. The lowest BCUT2D eigenvalue weighted by molar-refractivity contribution is -0.116. The number of likely N-dealkylation sites (N-methyl/N-ethyl adjacent to an activating group) is 1. The normalized spacial score (nSPS) is 10.6. The van der Waals surface area contributed by atoms with E-state index in [-0.39, 0.29) is 24.2 Å². The number of anilines is 1. The number of aryl methyl sites for hydroxylation is 1. The number of carbonyl (C=O) groups is 2. The molecule has 3 heterocycles. The summed E-state index contributed by atoms with van der Waals surface area (Å²) in [5.74, 6) is 0.120. The van der Waals surface area contributed by atoms with Gasteiger partial charge in [-0.05, 0) is 12.1 Å². The van der Waals surface area contributed by atoms with Gasteiger partial charge in [0.15, 0.2) is 10.9 Å². The topological polar surface area (TPSA) is 102 Å². The van der Waals surface area contributed by atoms with E-state index in [9.17, 15) is 9.59 Å². The van der Waals surface area contributed by atoms with Gasteiger partial charge in [0, 0.05) is 25.7 Å². The summed E-state index contributed by atoms with van der Waals surface area (Å²) in [7, 11) is 4.65. The van der Waals surface area contributed by atoms with Crippen molar-refractivity contribution in [2.75, 3.05) is 26.0 Å². The van der Waals surface area contributed by atoms with E-state index >= 15 is 0 Å². The average molecular weight is 375 g/mol. The Hall–Kier alpha value is -3.14. The zero-order chi connectivity index (χ0) is 18.7. The van der Waals surface area contributed by atoms with Crippen LogP contribution in [-0.4, -0.2) is 52.2 Å². The Labute approximate surface area is 153 Å². The maximum Gasteiger partial charge on any atom is 0.261 e. The first kappa shape index (κ1) is 17.7. The van der Waals surface area contributed by atoms with Crippen molar-refractivity contribution in [1.82, 2.24) is 19.7 Å². The molecule has 0 aliphatic carbocycles. The van der Waals surface area contributed by atoms with Crippen LogP contribution in [0.1, 0.15) is 10.4 Å². The maximum atomic E-state index is 12.5. The predicted octanol–water partition coefficient (Wildman–Crippen LogP) is 1.86. The number of rotatable bonds is 6. The van der Waals surface area contributed by atoms with Crippen molar-refractivity contribution in [3.8, 4) is 17.3 Å². The molecule has 0 aromatic carbocycles. The van der Waals surface area contributed by atoms with Crippen molar-refractivity contribution >= 4 is 28.3 Å². The number of aromatic nitrogens is 3. The van der Waals surface area contributed by atoms with Gasteiger partial charge >= 0.3 is 0 Å². The molecule has 136 valence electrons. The van der Waals surface area contributed by atoms with Crippen LogP contribution in [0.4, 0.5) is 5.13 Å². The summed E-state index contributed by atoms with van der Waals surface area (Å²) in [5, 5.41) is 8.93. The third-order valence-corrected chi connectivity index (χ3v) is 4.23. The second-order valence-electron chi connectivity index (χ2n) is 5.45. The van der Waals surface area contributed by atoms with Gasteiger partial charge < -0.3 is 19.4 Å². The molecule has 9 nitrogen and oxygen atoms in total. The second-order valence-corrected chi connectivity index (χ2v) is 6.31. The van der Waals surface area contributed by atoms with Crippen molar-refractivity contribution in [1.29, 1.82) is 0 Å². The SMILES string of the molecule is COc1nn(C)cc1C(=O)N(C)CC(=O)Nc1nc(-c2ccco2)cs1. The summed E-state index contributed by atoms with van der Waals surface area (Å²) in [6, 6.07) is 3.55. The first-order valence-electron chi connectivity index (χ1n) is 7.60. The number of nitrogens with zero attached hydrogens (tertiary/aromatic N) is 4.